The van der Waals surface area contributed by atoms with Crippen molar-refractivity contribution in [2.24, 2.45) is 0 Å². The van der Waals surface area contributed by atoms with Crippen molar-refractivity contribution in [3.8, 4) is 11.6 Å². The molecule has 1 rings (SSSR count). The van der Waals surface area contributed by atoms with E-state index >= 15 is 0 Å². The van der Waals surface area contributed by atoms with Gasteiger partial charge in [0, 0.05) is 6.07 Å². The molecule has 4 nitrogen and oxygen atoms in total. The van der Waals surface area contributed by atoms with Crippen LogP contribution in [0.4, 0.5) is 0 Å². The number of aromatic amines is 1. The topological polar surface area (TPSA) is 51.3 Å². The van der Waals surface area contributed by atoms with Crippen molar-refractivity contribution in [3.05, 3.63) is 22.5 Å². The van der Waals surface area contributed by atoms with E-state index in [1.54, 1.807) is 6.07 Å². The second kappa shape index (κ2) is 3.09. The standard InChI is InChI=1S/C7H9NO3/c1-10-5-3-4-6(9)8-7(5)11-2/h3-4H,1-2H3,(H,8,9). The van der Waals surface area contributed by atoms with Gasteiger partial charge in [-0.25, -0.2) is 0 Å². The molecule has 0 fully saturated rings. The minimum absolute atomic E-state index is 0.206. The summed E-state index contributed by atoms with van der Waals surface area (Å²) in [4.78, 5) is 13.2. The summed E-state index contributed by atoms with van der Waals surface area (Å²) in [6.07, 6.45) is 0. The Bertz CT molecular complexity index is 292. The molecule has 0 atom stereocenters. The molecule has 1 aromatic rings. The Labute approximate surface area is 63.8 Å². The number of rotatable bonds is 2. The molecule has 0 aliphatic heterocycles. The summed E-state index contributed by atoms with van der Waals surface area (Å²) in [5.74, 6) is 0.868. The fraction of sp³-hybridized carbons (Fsp3) is 0.286. The van der Waals surface area contributed by atoms with E-state index in [-0.39, 0.29) is 5.56 Å². The molecule has 1 aromatic heterocycles. The summed E-state index contributed by atoms with van der Waals surface area (Å²) >= 11 is 0. The van der Waals surface area contributed by atoms with Crippen LogP contribution in [0.25, 0.3) is 0 Å². The summed E-state index contributed by atoms with van der Waals surface area (Å²) in [6, 6.07) is 2.93. The van der Waals surface area contributed by atoms with Gasteiger partial charge in [-0.2, -0.15) is 0 Å². The second-order valence-electron chi connectivity index (χ2n) is 1.92. The highest BCUT2D eigenvalue weighted by atomic mass is 16.5. The highest BCUT2D eigenvalue weighted by Gasteiger charge is 2.01. The summed E-state index contributed by atoms with van der Waals surface area (Å²) in [5, 5.41) is 0. The van der Waals surface area contributed by atoms with Crippen molar-refractivity contribution in [1.82, 2.24) is 4.98 Å². The van der Waals surface area contributed by atoms with E-state index in [0.717, 1.165) is 0 Å². The Kier molecular flexibility index (Phi) is 2.15. The maximum absolute atomic E-state index is 10.7. The van der Waals surface area contributed by atoms with Gasteiger partial charge >= 0.3 is 0 Å². The predicted octanol–water partition coefficient (Wildman–Crippen LogP) is 0.392. The Balaban J connectivity index is 3.16. The Morgan fingerprint density at radius 2 is 2.00 bits per heavy atom. The number of hydrogen-bond acceptors (Lipinski definition) is 3. The smallest absolute Gasteiger partial charge is 0.250 e. The lowest BCUT2D eigenvalue weighted by Crippen LogP contribution is -2.05. The van der Waals surface area contributed by atoms with Crippen molar-refractivity contribution in [1.29, 1.82) is 0 Å². The lowest BCUT2D eigenvalue weighted by Gasteiger charge is -2.04. The third kappa shape index (κ3) is 1.52. The van der Waals surface area contributed by atoms with Crippen LogP contribution in [0.3, 0.4) is 0 Å². The first-order valence-electron chi connectivity index (χ1n) is 3.09. The predicted molar refractivity (Wildman–Crippen MR) is 40.2 cm³/mol. The van der Waals surface area contributed by atoms with Gasteiger partial charge in [0.05, 0.1) is 14.2 Å². The monoisotopic (exact) mass is 155 g/mol. The fourth-order valence-electron chi connectivity index (χ4n) is 0.755. The quantitative estimate of drug-likeness (QED) is 0.672. The number of ether oxygens (including phenoxy) is 2. The third-order valence-corrected chi connectivity index (χ3v) is 1.27. The Morgan fingerprint density at radius 3 is 2.55 bits per heavy atom. The lowest BCUT2D eigenvalue weighted by atomic mass is 10.4. The molecule has 11 heavy (non-hydrogen) atoms. The highest BCUT2D eigenvalue weighted by molar-refractivity contribution is 5.31. The van der Waals surface area contributed by atoms with E-state index in [4.69, 9.17) is 9.47 Å². The number of nitrogens with one attached hydrogen (secondary N) is 1. The first-order valence-corrected chi connectivity index (χ1v) is 3.09. The molecule has 60 valence electrons. The van der Waals surface area contributed by atoms with Gasteiger partial charge in [-0.1, -0.05) is 0 Å². The van der Waals surface area contributed by atoms with Crippen LogP contribution in [-0.4, -0.2) is 19.2 Å². The van der Waals surface area contributed by atoms with Crippen LogP contribution in [0.5, 0.6) is 11.6 Å². The van der Waals surface area contributed by atoms with E-state index in [1.807, 2.05) is 0 Å². The molecule has 0 unspecified atom stereocenters. The molecular formula is C7H9NO3. The van der Waals surface area contributed by atoms with Crippen LogP contribution in [0.1, 0.15) is 0 Å². The third-order valence-electron chi connectivity index (χ3n) is 1.27. The van der Waals surface area contributed by atoms with E-state index in [9.17, 15) is 4.79 Å². The van der Waals surface area contributed by atoms with Gasteiger partial charge < -0.3 is 9.47 Å². The number of H-pyrrole nitrogens is 1. The molecule has 0 saturated carbocycles. The zero-order chi connectivity index (χ0) is 8.27. The van der Waals surface area contributed by atoms with Crippen molar-refractivity contribution in [2.45, 2.75) is 0 Å². The molecule has 1 heterocycles. The SMILES string of the molecule is COc1ccc(=O)[nH]c1OC. The second-order valence-corrected chi connectivity index (χ2v) is 1.92. The molecule has 0 aliphatic carbocycles. The van der Waals surface area contributed by atoms with E-state index in [2.05, 4.69) is 4.98 Å². The Morgan fingerprint density at radius 1 is 1.27 bits per heavy atom. The largest absolute Gasteiger partial charge is 0.491 e. The summed E-state index contributed by atoms with van der Waals surface area (Å²) in [7, 11) is 2.98. The molecule has 0 saturated heterocycles. The van der Waals surface area contributed by atoms with Crippen molar-refractivity contribution in [2.75, 3.05) is 14.2 Å². The molecule has 0 radical (unpaired) electrons. The normalized spacial score (nSPS) is 9.27. The first kappa shape index (κ1) is 7.65. The highest BCUT2D eigenvalue weighted by Crippen LogP contribution is 2.19. The van der Waals surface area contributed by atoms with Crippen LogP contribution in [-0.2, 0) is 0 Å². The zero-order valence-corrected chi connectivity index (χ0v) is 6.38. The van der Waals surface area contributed by atoms with Crippen LogP contribution in [0, 0.1) is 0 Å². The summed E-state index contributed by atoms with van der Waals surface area (Å²) in [5.41, 5.74) is -0.206. The molecule has 0 bridgehead atoms. The number of hydrogen-bond donors (Lipinski definition) is 1. The lowest BCUT2D eigenvalue weighted by molar-refractivity contribution is 0.342. The number of pyridine rings is 1. The number of methoxy groups -OCH3 is 2. The van der Waals surface area contributed by atoms with Crippen molar-refractivity contribution >= 4 is 0 Å². The van der Waals surface area contributed by atoms with Gasteiger partial charge in [-0.15, -0.1) is 0 Å². The first-order chi connectivity index (χ1) is 5.27. The molecule has 4 heteroatoms. The van der Waals surface area contributed by atoms with Crippen LogP contribution >= 0.6 is 0 Å². The molecule has 0 aromatic carbocycles. The molecule has 0 amide bonds. The molecule has 0 spiro atoms. The van der Waals surface area contributed by atoms with E-state index < -0.39 is 0 Å². The van der Waals surface area contributed by atoms with E-state index in [0.29, 0.717) is 11.6 Å². The van der Waals surface area contributed by atoms with Crippen LogP contribution in [0.15, 0.2) is 16.9 Å². The van der Waals surface area contributed by atoms with Gasteiger partial charge in [-0.05, 0) is 6.07 Å². The molecular weight excluding hydrogens is 146 g/mol. The average molecular weight is 155 g/mol. The van der Waals surface area contributed by atoms with Crippen LogP contribution in [0.2, 0.25) is 0 Å². The van der Waals surface area contributed by atoms with Crippen molar-refractivity contribution < 1.29 is 9.47 Å². The molecule has 0 aliphatic rings. The van der Waals surface area contributed by atoms with E-state index in [1.165, 1.54) is 20.3 Å². The van der Waals surface area contributed by atoms with Gasteiger partial charge in [0.2, 0.25) is 5.88 Å². The van der Waals surface area contributed by atoms with Gasteiger partial charge in [0.25, 0.3) is 5.56 Å². The van der Waals surface area contributed by atoms with Crippen molar-refractivity contribution in [3.63, 3.8) is 0 Å². The number of aromatic nitrogens is 1. The summed E-state index contributed by atoms with van der Waals surface area (Å²) < 4.78 is 9.73. The Hall–Kier alpha value is -1.45. The summed E-state index contributed by atoms with van der Waals surface area (Å²) in [6.45, 7) is 0. The minimum Gasteiger partial charge on any atom is -0.491 e. The maximum Gasteiger partial charge on any atom is 0.250 e. The minimum atomic E-state index is -0.206. The molecule has 1 N–H and O–H groups in total. The van der Waals surface area contributed by atoms with Gasteiger partial charge in [0.1, 0.15) is 0 Å². The van der Waals surface area contributed by atoms with Crippen LogP contribution < -0.4 is 15.0 Å². The maximum atomic E-state index is 10.7. The zero-order valence-electron chi connectivity index (χ0n) is 6.38. The van der Waals surface area contributed by atoms with Gasteiger partial charge in [0.15, 0.2) is 5.75 Å². The average Bonchev–Trinajstić information content (AvgIpc) is 2.04. The van der Waals surface area contributed by atoms with Gasteiger partial charge in [-0.3, -0.25) is 9.78 Å². The fourth-order valence-corrected chi connectivity index (χ4v) is 0.755.